The van der Waals surface area contributed by atoms with Crippen LogP contribution in [0.2, 0.25) is 0 Å². The summed E-state index contributed by atoms with van der Waals surface area (Å²) in [5.41, 5.74) is 0. The first-order valence-corrected chi connectivity index (χ1v) is 6.60. The molecule has 0 aromatic carbocycles. The van der Waals surface area contributed by atoms with Gasteiger partial charge < -0.3 is 14.6 Å². The Morgan fingerprint density at radius 3 is 2.94 bits per heavy atom. The summed E-state index contributed by atoms with van der Waals surface area (Å²) in [6.07, 6.45) is -1.03. The predicted molar refractivity (Wildman–Crippen MR) is 57.5 cm³/mol. The number of aliphatic hydroxyl groups excluding tert-OH is 1. The molecule has 1 amide bonds. The first-order valence-electron chi connectivity index (χ1n) is 5.16. The van der Waals surface area contributed by atoms with Crippen molar-refractivity contribution in [2.75, 3.05) is 33.0 Å². The third kappa shape index (κ3) is 3.80. The van der Waals surface area contributed by atoms with Crippen LogP contribution < -0.4 is 4.72 Å². The van der Waals surface area contributed by atoms with Crippen LogP contribution in [0.25, 0.3) is 0 Å². The molecule has 8 nitrogen and oxygen atoms in total. The minimum atomic E-state index is -4.00. The SMILES string of the molecule is CCOC(=O)NS(=O)(=O)N1CCOCC1CO. The normalized spacial score (nSPS) is 22.1. The lowest BCUT2D eigenvalue weighted by Crippen LogP contribution is -2.55. The highest BCUT2D eigenvalue weighted by molar-refractivity contribution is 7.87. The maximum atomic E-state index is 11.8. The van der Waals surface area contributed by atoms with Crippen molar-refractivity contribution in [3.05, 3.63) is 0 Å². The summed E-state index contributed by atoms with van der Waals surface area (Å²) in [6, 6.07) is -0.685. The lowest BCUT2D eigenvalue weighted by atomic mass is 10.3. The van der Waals surface area contributed by atoms with Crippen molar-refractivity contribution < 1.29 is 27.8 Å². The molecule has 0 saturated carbocycles. The second-order valence-corrected chi connectivity index (χ2v) is 4.97. The number of nitrogens with zero attached hydrogens (tertiary/aromatic N) is 1. The first-order chi connectivity index (χ1) is 8.01. The van der Waals surface area contributed by atoms with Gasteiger partial charge in [-0.3, -0.25) is 0 Å². The number of morpholine rings is 1. The summed E-state index contributed by atoms with van der Waals surface area (Å²) in [7, 11) is -4.00. The van der Waals surface area contributed by atoms with E-state index in [-0.39, 0.29) is 33.0 Å². The number of hydrogen-bond acceptors (Lipinski definition) is 6. The Balaban J connectivity index is 2.70. The standard InChI is InChI=1S/C8H16N2O6S/c1-2-16-8(12)9-17(13,14)10-3-4-15-6-7(10)5-11/h7,11H,2-6H2,1H3,(H,9,12). The number of hydrogen-bond donors (Lipinski definition) is 2. The maximum Gasteiger partial charge on any atom is 0.421 e. The van der Waals surface area contributed by atoms with Crippen LogP contribution in [-0.4, -0.2) is 62.9 Å². The van der Waals surface area contributed by atoms with Crippen LogP contribution in [0.5, 0.6) is 0 Å². The molecular formula is C8H16N2O6S. The second-order valence-electron chi connectivity index (χ2n) is 3.35. The maximum absolute atomic E-state index is 11.8. The fraction of sp³-hybridized carbons (Fsp3) is 0.875. The average Bonchev–Trinajstić information content (AvgIpc) is 2.28. The number of ether oxygens (including phenoxy) is 2. The van der Waals surface area contributed by atoms with Crippen molar-refractivity contribution >= 4 is 16.3 Å². The molecule has 1 rings (SSSR count). The molecule has 1 aliphatic heterocycles. The lowest BCUT2D eigenvalue weighted by Gasteiger charge is -2.32. The Hall–Kier alpha value is -0.900. The van der Waals surface area contributed by atoms with Crippen molar-refractivity contribution in [1.82, 2.24) is 9.03 Å². The van der Waals surface area contributed by atoms with E-state index in [9.17, 15) is 13.2 Å². The van der Waals surface area contributed by atoms with Gasteiger partial charge >= 0.3 is 16.3 Å². The Morgan fingerprint density at radius 2 is 2.35 bits per heavy atom. The fourth-order valence-corrected chi connectivity index (χ4v) is 2.65. The van der Waals surface area contributed by atoms with E-state index in [1.54, 1.807) is 11.6 Å². The van der Waals surface area contributed by atoms with Gasteiger partial charge in [0.2, 0.25) is 0 Å². The molecule has 0 aromatic heterocycles. The van der Waals surface area contributed by atoms with Crippen LogP contribution in [0, 0.1) is 0 Å². The van der Waals surface area contributed by atoms with Gasteiger partial charge in [0, 0.05) is 6.54 Å². The molecule has 1 unspecified atom stereocenters. The number of aliphatic hydroxyl groups is 1. The summed E-state index contributed by atoms with van der Waals surface area (Å²) >= 11 is 0. The Bertz CT molecular complexity index is 357. The van der Waals surface area contributed by atoms with Crippen molar-refractivity contribution in [2.45, 2.75) is 13.0 Å². The van der Waals surface area contributed by atoms with Crippen molar-refractivity contribution in [1.29, 1.82) is 0 Å². The number of carbonyl (C=O) groups excluding carboxylic acids is 1. The van der Waals surface area contributed by atoms with Crippen LogP contribution >= 0.6 is 0 Å². The van der Waals surface area contributed by atoms with Gasteiger partial charge in [0.25, 0.3) is 0 Å². The predicted octanol–water partition coefficient (Wildman–Crippen LogP) is -1.33. The summed E-state index contributed by atoms with van der Waals surface area (Å²) in [6.45, 7) is 1.68. The van der Waals surface area contributed by atoms with E-state index in [1.165, 1.54) is 0 Å². The van der Waals surface area contributed by atoms with E-state index >= 15 is 0 Å². The highest BCUT2D eigenvalue weighted by Crippen LogP contribution is 2.10. The molecule has 0 aliphatic carbocycles. The van der Waals surface area contributed by atoms with E-state index in [1.807, 2.05) is 0 Å². The van der Waals surface area contributed by atoms with E-state index in [0.29, 0.717) is 0 Å². The average molecular weight is 268 g/mol. The third-order valence-corrected chi connectivity index (χ3v) is 3.70. The summed E-state index contributed by atoms with van der Waals surface area (Å²) in [4.78, 5) is 11.1. The highest BCUT2D eigenvalue weighted by Gasteiger charge is 2.33. The van der Waals surface area contributed by atoms with Crippen molar-refractivity contribution in [2.24, 2.45) is 0 Å². The Labute approximate surface area is 99.7 Å². The molecule has 17 heavy (non-hydrogen) atoms. The molecule has 1 heterocycles. The number of nitrogens with one attached hydrogen (secondary N) is 1. The lowest BCUT2D eigenvalue weighted by molar-refractivity contribution is 0.0103. The minimum absolute atomic E-state index is 0.0773. The van der Waals surface area contributed by atoms with Crippen LogP contribution in [0.15, 0.2) is 0 Å². The van der Waals surface area contributed by atoms with Gasteiger partial charge in [-0.15, -0.1) is 0 Å². The first kappa shape index (κ1) is 14.2. The van der Waals surface area contributed by atoms with Crippen LogP contribution in [-0.2, 0) is 19.7 Å². The van der Waals surface area contributed by atoms with Gasteiger partial charge in [-0.25, -0.2) is 9.52 Å². The van der Waals surface area contributed by atoms with Crippen molar-refractivity contribution in [3.63, 3.8) is 0 Å². The van der Waals surface area contributed by atoms with Crippen LogP contribution in [0.3, 0.4) is 0 Å². The number of rotatable bonds is 4. The zero-order valence-corrected chi connectivity index (χ0v) is 10.3. The van der Waals surface area contributed by atoms with Gasteiger partial charge in [0.1, 0.15) is 0 Å². The van der Waals surface area contributed by atoms with E-state index in [2.05, 4.69) is 4.74 Å². The molecule has 2 N–H and O–H groups in total. The topological polar surface area (TPSA) is 105 Å². The number of carbonyl (C=O) groups is 1. The van der Waals surface area contributed by atoms with E-state index in [0.717, 1.165) is 4.31 Å². The third-order valence-electron chi connectivity index (χ3n) is 2.18. The Morgan fingerprint density at radius 1 is 1.65 bits per heavy atom. The smallest absolute Gasteiger partial charge is 0.421 e. The largest absolute Gasteiger partial charge is 0.449 e. The molecule has 100 valence electrons. The summed E-state index contributed by atoms with van der Waals surface area (Å²) < 4.78 is 35.9. The molecular weight excluding hydrogens is 252 g/mol. The zero-order valence-electron chi connectivity index (χ0n) is 9.46. The monoisotopic (exact) mass is 268 g/mol. The van der Waals surface area contributed by atoms with Crippen LogP contribution in [0.1, 0.15) is 6.92 Å². The molecule has 9 heteroatoms. The molecule has 1 aliphatic rings. The van der Waals surface area contributed by atoms with Gasteiger partial charge in [0.15, 0.2) is 0 Å². The molecule has 1 saturated heterocycles. The highest BCUT2D eigenvalue weighted by atomic mass is 32.2. The van der Waals surface area contributed by atoms with Crippen molar-refractivity contribution in [3.8, 4) is 0 Å². The van der Waals surface area contributed by atoms with E-state index in [4.69, 9.17) is 9.84 Å². The summed E-state index contributed by atoms with van der Waals surface area (Å²) in [5.74, 6) is 0. The fourth-order valence-electron chi connectivity index (χ4n) is 1.42. The molecule has 1 atom stereocenters. The zero-order chi connectivity index (χ0) is 12.9. The van der Waals surface area contributed by atoms with Gasteiger partial charge in [-0.2, -0.15) is 12.7 Å². The van der Waals surface area contributed by atoms with Gasteiger partial charge in [-0.05, 0) is 6.92 Å². The summed E-state index contributed by atoms with van der Waals surface area (Å²) in [5, 5.41) is 9.03. The molecule has 0 bridgehead atoms. The van der Waals surface area contributed by atoms with Gasteiger partial charge in [-0.1, -0.05) is 0 Å². The van der Waals surface area contributed by atoms with Crippen LogP contribution in [0.4, 0.5) is 4.79 Å². The second kappa shape index (κ2) is 6.15. The minimum Gasteiger partial charge on any atom is -0.449 e. The molecule has 0 spiro atoms. The molecule has 0 aromatic rings. The molecule has 0 radical (unpaired) electrons. The number of amides is 1. The molecule has 1 fully saturated rings. The van der Waals surface area contributed by atoms with Gasteiger partial charge in [0.05, 0.1) is 32.5 Å². The Kier molecular flexibility index (Phi) is 5.12. The van der Waals surface area contributed by atoms with E-state index < -0.39 is 22.3 Å². The quantitative estimate of drug-likeness (QED) is 0.654.